The number of aromatic nitrogens is 2. The zero-order valence-electron chi connectivity index (χ0n) is 18.6. The average Bonchev–Trinajstić information content (AvgIpc) is 3.05. The Hall–Kier alpha value is -3.51. The van der Waals surface area contributed by atoms with Crippen molar-refractivity contribution in [2.45, 2.75) is 0 Å². The minimum Gasteiger partial charge on any atom is -0.497 e. The molecule has 2 heterocycles. The summed E-state index contributed by atoms with van der Waals surface area (Å²) >= 11 is 6.48. The van der Waals surface area contributed by atoms with Gasteiger partial charge in [0.2, 0.25) is 0 Å². The molecule has 0 spiro atoms. The Kier molecular flexibility index (Phi) is 5.57. The molecule has 0 amide bonds. The highest BCUT2D eigenvalue weighted by Gasteiger charge is 2.18. The number of carbonyl (C=O) groups is 1. The third-order valence-corrected chi connectivity index (χ3v) is 5.94. The maximum atomic E-state index is 13.2. The van der Waals surface area contributed by atoms with Crippen LogP contribution >= 0.6 is 11.6 Å². The van der Waals surface area contributed by atoms with Gasteiger partial charge in [-0.15, -0.1) is 0 Å². The van der Waals surface area contributed by atoms with E-state index in [1.165, 1.54) is 0 Å². The summed E-state index contributed by atoms with van der Waals surface area (Å²) in [5.74, 6) is 0.539. The van der Waals surface area contributed by atoms with E-state index < -0.39 is 0 Å². The van der Waals surface area contributed by atoms with Crippen molar-refractivity contribution >= 4 is 39.3 Å². The highest BCUT2D eigenvalue weighted by atomic mass is 35.5. The fourth-order valence-electron chi connectivity index (χ4n) is 3.99. The number of rotatable bonds is 5. The van der Waals surface area contributed by atoms with E-state index >= 15 is 0 Å². The monoisotopic (exact) mass is 449 g/mol. The van der Waals surface area contributed by atoms with Crippen molar-refractivity contribution in [2.24, 2.45) is 14.1 Å². The van der Waals surface area contributed by atoms with Crippen LogP contribution in [0.15, 0.2) is 59.5 Å². The Morgan fingerprint density at radius 1 is 1.00 bits per heavy atom. The van der Waals surface area contributed by atoms with Crippen LogP contribution in [0.4, 0.5) is 0 Å². The van der Waals surface area contributed by atoms with E-state index in [2.05, 4.69) is 0 Å². The van der Waals surface area contributed by atoms with Gasteiger partial charge in [-0.05, 0) is 42.5 Å². The first-order valence-corrected chi connectivity index (χ1v) is 10.5. The lowest BCUT2D eigenvalue weighted by Crippen LogP contribution is -2.20. The highest BCUT2D eigenvalue weighted by molar-refractivity contribution is 6.33. The lowest BCUT2D eigenvalue weighted by Gasteiger charge is -2.10. The number of ether oxygens (including phenoxy) is 1. The van der Waals surface area contributed by atoms with Crippen LogP contribution in [0.1, 0.15) is 10.4 Å². The Balaban J connectivity index is 1.99. The molecule has 32 heavy (non-hydrogen) atoms. The second-order valence-electron chi connectivity index (χ2n) is 7.94. The second kappa shape index (κ2) is 8.20. The van der Waals surface area contributed by atoms with E-state index in [4.69, 9.17) is 16.3 Å². The minimum atomic E-state index is -0.152. The fraction of sp³-hybridized carbons (Fsp3) is 0.200. The molecule has 2 aromatic carbocycles. The summed E-state index contributed by atoms with van der Waals surface area (Å²) in [6.07, 6.45) is 3.27. The smallest absolute Gasteiger partial charge is 0.259 e. The average molecular weight is 450 g/mol. The predicted octanol–water partition coefficient (Wildman–Crippen LogP) is 4.62. The summed E-state index contributed by atoms with van der Waals surface area (Å²) in [7, 11) is 8.96. The number of allylic oxidation sites excluding steroid dienone is 1. The van der Waals surface area contributed by atoms with Gasteiger partial charge in [0.05, 0.1) is 17.6 Å². The summed E-state index contributed by atoms with van der Waals surface area (Å²) < 4.78 is 8.82. The SMILES string of the molecule is COc1ccc(-c2cc3c4cc(C(=O)/C=C/N(C)C)ccc4n(C)c3n(C)c2=O)c(Cl)c1. The maximum absolute atomic E-state index is 13.2. The van der Waals surface area contributed by atoms with Crippen LogP contribution < -0.4 is 10.3 Å². The van der Waals surface area contributed by atoms with Crippen LogP contribution in [0.5, 0.6) is 5.75 Å². The van der Waals surface area contributed by atoms with E-state index in [-0.39, 0.29) is 11.3 Å². The number of fused-ring (bicyclic) bond motifs is 3. The molecule has 0 saturated carbocycles. The van der Waals surface area contributed by atoms with E-state index in [0.29, 0.717) is 27.5 Å². The molecular weight excluding hydrogens is 426 g/mol. The minimum absolute atomic E-state index is 0.0826. The molecule has 0 radical (unpaired) electrons. The maximum Gasteiger partial charge on any atom is 0.259 e. The molecule has 6 nitrogen and oxygen atoms in total. The molecule has 0 N–H and O–H groups in total. The number of hydrogen-bond acceptors (Lipinski definition) is 4. The Morgan fingerprint density at radius 2 is 1.75 bits per heavy atom. The summed E-state index contributed by atoms with van der Waals surface area (Å²) in [5.41, 5.74) is 3.26. The van der Waals surface area contributed by atoms with Crippen molar-refractivity contribution in [3.8, 4) is 16.9 Å². The molecule has 0 aliphatic heterocycles. The zero-order valence-corrected chi connectivity index (χ0v) is 19.4. The van der Waals surface area contributed by atoms with Gasteiger partial charge in [-0.3, -0.25) is 14.2 Å². The van der Waals surface area contributed by atoms with Crippen molar-refractivity contribution in [3.05, 3.63) is 75.7 Å². The van der Waals surface area contributed by atoms with Crippen molar-refractivity contribution in [3.63, 3.8) is 0 Å². The van der Waals surface area contributed by atoms with Gasteiger partial charge in [0, 0.05) is 67.9 Å². The van der Waals surface area contributed by atoms with Crippen molar-refractivity contribution in [1.82, 2.24) is 14.0 Å². The Labute approximate surface area is 190 Å². The van der Waals surface area contributed by atoms with Crippen LogP contribution in [0.25, 0.3) is 33.1 Å². The van der Waals surface area contributed by atoms with E-state index in [9.17, 15) is 9.59 Å². The number of halogens is 1. The van der Waals surface area contributed by atoms with E-state index in [1.807, 2.05) is 54.9 Å². The second-order valence-corrected chi connectivity index (χ2v) is 8.35. The molecule has 0 atom stereocenters. The van der Waals surface area contributed by atoms with Crippen LogP contribution in [-0.2, 0) is 14.1 Å². The highest BCUT2D eigenvalue weighted by Crippen LogP contribution is 2.34. The third-order valence-electron chi connectivity index (χ3n) is 5.62. The zero-order chi connectivity index (χ0) is 23.2. The standard InChI is InChI=1S/C25H24ClN3O3/c1-27(2)11-10-23(30)15-6-9-22-18(12-15)19-14-20(25(31)29(4)24(19)28(22)3)17-8-7-16(32-5)13-21(17)26/h6-14H,1-5H3/b11-10+. The number of pyridine rings is 1. The normalized spacial score (nSPS) is 11.6. The molecule has 164 valence electrons. The lowest BCUT2D eigenvalue weighted by atomic mass is 10.0. The van der Waals surface area contributed by atoms with Gasteiger partial charge in [0.1, 0.15) is 11.4 Å². The van der Waals surface area contributed by atoms with E-state index in [1.54, 1.807) is 49.2 Å². The summed E-state index contributed by atoms with van der Waals surface area (Å²) in [5, 5.41) is 2.21. The molecule has 7 heteroatoms. The number of nitrogens with zero attached hydrogens (tertiary/aromatic N) is 3. The topological polar surface area (TPSA) is 56.5 Å². The molecule has 0 fully saturated rings. The molecular formula is C25H24ClN3O3. The van der Waals surface area contributed by atoms with Gasteiger partial charge in [-0.25, -0.2) is 0 Å². The molecule has 0 aliphatic carbocycles. The first-order chi connectivity index (χ1) is 15.2. The van der Waals surface area contributed by atoms with Gasteiger partial charge in [0.15, 0.2) is 5.78 Å². The fourth-order valence-corrected chi connectivity index (χ4v) is 4.26. The van der Waals surface area contributed by atoms with Gasteiger partial charge in [-0.1, -0.05) is 11.6 Å². The lowest BCUT2D eigenvalue weighted by molar-refractivity contribution is 0.104. The molecule has 4 rings (SSSR count). The largest absolute Gasteiger partial charge is 0.497 e. The van der Waals surface area contributed by atoms with Crippen LogP contribution in [-0.4, -0.2) is 41.0 Å². The van der Waals surface area contributed by atoms with Crippen molar-refractivity contribution < 1.29 is 9.53 Å². The third kappa shape index (κ3) is 3.56. The van der Waals surface area contributed by atoms with Gasteiger partial charge >= 0.3 is 0 Å². The Morgan fingerprint density at radius 3 is 2.41 bits per heavy atom. The molecule has 2 aromatic heterocycles. The Bertz CT molecular complexity index is 1460. The number of aryl methyl sites for hydroxylation is 2. The predicted molar refractivity (Wildman–Crippen MR) is 130 cm³/mol. The molecule has 4 aromatic rings. The number of benzene rings is 2. The van der Waals surface area contributed by atoms with Crippen LogP contribution in [0.2, 0.25) is 5.02 Å². The van der Waals surface area contributed by atoms with Crippen molar-refractivity contribution in [1.29, 1.82) is 0 Å². The number of ketones is 1. The van der Waals surface area contributed by atoms with Crippen LogP contribution in [0.3, 0.4) is 0 Å². The first-order valence-electron chi connectivity index (χ1n) is 10.1. The first kappa shape index (κ1) is 21.7. The van der Waals surface area contributed by atoms with Crippen molar-refractivity contribution in [2.75, 3.05) is 21.2 Å². The summed E-state index contributed by atoms with van der Waals surface area (Å²) in [6, 6.07) is 12.7. The number of carbonyl (C=O) groups excluding carboxylic acids is 1. The van der Waals surface area contributed by atoms with Gasteiger partial charge < -0.3 is 14.2 Å². The molecule has 0 bridgehead atoms. The van der Waals surface area contributed by atoms with Gasteiger partial charge in [0.25, 0.3) is 5.56 Å². The van der Waals surface area contributed by atoms with Crippen LogP contribution in [0, 0.1) is 0 Å². The molecule has 0 unspecified atom stereocenters. The molecule has 0 saturated heterocycles. The van der Waals surface area contributed by atoms with E-state index in [0.717, 1.165) is 21.9 Å². The summed E-state index contributed by atoms with van der Waals surface area (Å²) in [4.78, 5) is 27.7. The number of methoxy groups -OCH3 is 1. The number of hydrogen-bond donors (Lipinski definition) is 0. The molecule has 0 aliphatic rings. The quantitative estimate of drug-likeness (QED) is 0.329. The van der Waals surface area contributed by atoms with Gasteiger partial charge in [-0.2, -0.15) is 0 Å². The summed E-state index contributed by atoms with van der Waals surface area (Å²) in [6.45, 7) is 0.